The van der Waals surface area contributed by atoms with E-state index >= 15 is 0 Å². The molecule has 1 aromatic heterocycles. The quantitative estimate of drug-likeness (QED) is 0.711. The molecule has 0 bridgehead atoms. The van der Waals surface area contributed by atoms with E-state index in [2.05, 4.69) is 20.6 Å². The average molecular weight is 353 g/mol. The number of hydrogen-bond acceptors (Lipinski definition) is 4. The van der Waals surface area contributed by atoms with Gasteiger partial charge in [0.25, 0.3) is 5.91 Å². The summed E-state index contributed by atoms with van der Waals surface area (Å²) in [6.07, 6.45) is 0. The molecule has 2 aromatic carbocycles. The first-order valence-electron chi connectivity index (χ1n) is 7.76. The number of para-hydroxylation sites is 1. The fourth-order valence-corrected chi connectivity index (χ4v) is 2.46. The van der Waals surface area contributed by atoms with Gasteiger partial charge in [-0.15, -0.1) is 0 Å². The topological polar surface area (TPSA) is 66.9 Å². The predicted octanol–water partition coefficient (Wildman–Crippen LogP) is 4.74. The number of rotatable bonds is 4. The summed E-state index contributed by atoms with van der Waals surface area (Å²) in [4.78, 5) is 21.0. The third-order valence-electron chi connectivity index (χ3n) is 3.52. The third-order valence-corrected chi connectivity index (χ3v) is 3.85. The highest BCUT2D eigenvalue weighted by Gasteiger charge is 2.12. The minimum atomic E-state index is -0.342. The molecule has 2 N–H and O–H groups in total. The Balaban J connectivity index is 1.82. The van der Waals surface area contributed by atoms with Crippen LogP contribution in [0.1, 0.15) is 21.9 Å². The monoisotopic (exact) mass is 352 g/mol. The fourth-order valence-electron chi connectivity index (χ4n) is 2.28. The highest BCUT2D eigenvalue weighted by molar-refractivity contribution is 6.33. The lowest BCUT2D eigenvalue weighted by molar-refractivity contribution is 0.102. The fraction of sp³-hybridized carbons (Fsp3) is 0.105. The predicted molar refractivity (Wildman–Crippen MR) is 101 cm³/mol. The lowest BCUT2D eigenvalue weighted by Gasteiger charge is -2.10. The van der Waals surface area contributed by atoms with Crippen molar-refractivity contribution in [2.75, 3.05) is 10.6 Å². The van der Waals surface area contributed by atoms with E-state index in [1.54, 1.807) is 37.3 Å². The molecular weight excluding hydrogens is 336 g/mol. The third kappa shape index (κ3) is 4.33. The SMILES string of the molecule is Cc1ccc(Nc2cc(C(=O)Nc3ccccc3Cl)nc(C)n2)cc1. The van der Waals surface area contributed by atoms with Crippen LogP contribution in [-0.2, 0) is 0 Å². The maximum absolute atomic E-state index is 12.5. The number of nitrogens with zero attached hydrogens (tertiary/aromatic N) is 2. The first-order chi connectivity index (χ1) is 12.0. The molecular formula is C19H17ClN4O. The number of amides is 1. The van der Waals surface area contributed by atoms with Crippen LogP contribution in [0.3, 0.4) is 0 Å². The zero-order valence-electron chi connectivity index (χ0n) is 13.9. The van der Waals surface area contributed by atoms with Crippen LogP contribution in [-0.4, -0.2) is 15.9 Å². The second kappa shape index (κ2) is 7.32. The second-order valence-corrected chi connectivity index (χ2v) is 6.02. The van der Waals surface area contributed by atoms with Gasteiger partial charge in [-0.25, -0.2) is 9.97 Å². The number of carbonyl (C=O) groups is 1. The Bertz CT molecular complexity index is 910. The molecule has 3 aromatic rings. The van der Waals surface area contributed by atoms with Gasteiger partial charge in [-0.1, -0.05) is 41.4 Å². The van der Waals surface area contributed by atoms with Gasteiger partial charge in [0.05, 0.1) is 10.7 Å². The Labute approximate surface area is 151 Å². The van der Waals surface area contributed by atoms with E-state index < -0.39 is 0 Å². The molecule has 126 valence electrons. The van der Waals surface area contributed by atoms with Crippen molar-refractivity contribution >= 4 is 34.7 Å². The number of halogens is 1. The van der Waals surface area contributed by atoms with Crippen LogP contribution in [0.4, 0.5) is 17.2 Å². The molecule has 0 saturated heterocycles. The zero-order chi connectivity index (χ0) is 17.8. The van der Waals surface area contributed by atoms with Crippen LogP contribution in [0.5, 0.6) is 0 Å². The number of anilines is 3. The van der Waals surface area contributed by atoms with Crippen LogP contribution < -0.4 is 10.6 Å². The number of aromatic nitrogens is 2. The van der Waals surface area contributed by atoms with Crippen molar-refractivity contribution in [1.29, 1.82) is 0 Å². The van der Waals surface area contributed by atoms with E-state index in [1.165, 1.54) is 5.56 Å². The smallest absolute Gasteiger partial charge is 0.274 e. The Morgan fingerprint density at radius 3 is 2.44 bits per heavy atom. The molecule has 3 rings (SSSR count). The number of aryl methyl sites for hydroxylation is 2. The maximum atomic E-state index is 12.5. The van der Waals surface area contributed by atoms with E-state index in [9.17, 15) is 4.79 Å². The molecule has 0 saturated carbocycles. The molecule has 0 unspecified atom stereocenters. The van der Waals surface area contributed by atoms with Crippen LogP contribution >= 0.6 is 11.6 Å². The summed E-state index contributed by atoms with van der Waals surface area (Å²) in [5.41, 5.74) is 2.87. The lowest BCUT2D eigenvalue weighted by Crippen LogP contribution is -2.15. The minimum absolute atomic E-state index is 0.266. The van der Waals surface area contributed by atoms with Crippen LogP contribution in [0, 0.1) is 13.8 Å². The zero-order valence-corrected chi connectivity index (χ0v) is 14.6. The Morgan fingerprint density at radius 1 is 1.00 bits per heavy atom. The standard InChI is InChI=1S/C19H17ClN4O/c1-12-7-9-14(10-8-12)23-18-11-17(21-13(2)22-18)19(25)24-16-6-4-3-5-15(16)20/h3-11H,1-2H3,(H,24,25)(H,21,22,23). The van der Waals surface area contributed by atoms with E-state index in [-0.39, 0.29) is 11.6 Å². The van der Waals surface area contributed by atoms with Gasteiger partial charge in [0.2, 0.25) is 0 Å². The summed E-state index contributed by atoms with van der Waals surface area (Å²) >= 11 is 6.08. The van der Waals surface area contributed by atoms with Crippen molar-refractivity contribution in [3.8, 4) is 0 Å². The maximum Gasteiger partial charge on any atom is 0.274 e. The molecule has 0 aliphatic carbocycles. The van der Waals surface area contributed by atoms with Crippen molar-refractivity contribution in [2.24, 2.45) is 0 Å². The molecule has 0 fully saturated rings. The molecule has 0 radical (unpaired) electrons. The molecule has 1 heterocycles. The van der Waals surface area contributed by atoms with Gasteiger partial charge in [-0.2, -0.15) is 0 Å². The second-order valence-electron chi connectivity index (χ2n) is 5.61. The summed E-state index contributed by atoms with van der Waals surface area (Å²) in [5.74, 6) is 0.715. The summed E-state index contributed by atoms with van der Waals surface area (Å²) in [6, 6.07) is 16.6. The molecule has 0 spiro atoms. The van der Waals surface area contributed by atoms with E-state index in [0.29, 0.717) is 22.4 Å². The summed E-state index contributed by atoms with van der Waals surface area (Å²) < 4.78 is 0. The van der Waals surface area contributed by atoms with Gasteiger partial charge in [0.15, 0.2) is 0 Å². The van der Waals surface area contributed by atoms with Gasteiger partial charge < -0.3 is 10.6 Å². The number of carbonyl (C=O) groups excluding carboxylic acids is 1. The normalized spacial score (nSPS) is 10.4. The van der Waals surface area contributed by atoms with E-state index in [0.717, 1.165) is 5.69 Å². The van der Waals surface area contributed by atoms with Gasteiger partial charge in [-0.05, 0) is 38.1 Å². The van der Waals surface area contributed by atoms with Crippen molar-refractivity contribution in [3.63, 3.8) is 0 Å². The van der Waals surface area contributed by atoms with Gasteiger partial charge in [0, 0.05) is 11.8 Å². The van der Waals surface area contributed by atoms with Crippen LogP contribution in [0.2, 0.25) is 5.02 Å². The Morgan fingerprint density at radius 2 is 1.72 bits per heavy atom. The van der Waals surface area contributed by atoms with Gasteiger partial charge in [-0.3, -0.25) is 4.79 Å². The molecule has 5 nitrogen and oxygen atoms in total. The van der Waals surface area contributed by atoms with E-state index in [1.807, 2.05) is 31.2 Å². The molecule has 6 heteroatoms. The van der Waals surface area contributed by atoms with Crippen molar-refractivity contribution < 1.29 is 4.79 Å². The van der Waals surface area contributed by atoms with Crippen LogP contribution in [0.25, 0.3) is 0 Å². The number of benzene rings is 2. The molecule has 1 amide bonds. The molecule has 0 aliphatic heterocycles. The van der Waals surface area contributed by atoms with Crippen molar-refractivity contribution in [2.45, 2.75) is 13.8 Å². The number of hydrogen-bond donors (Lipinski definition) is 2. The Kier molecular flexibility index (Phi) is 4.95. The lowest BCUT2D eigenvalue weighted by atomic mass is 10.2. The largest absolute Gasteiger partial charge is 0.340 e. The van der Waals surface area contributed by atoms with Gasteiger partial charge in [0.1, 0.15) is 17.3 Å². The number of nitrogens with one attached hydrogen (secondary N) is 2. The van der Waals surface area contributed by atoms with E-state index in [4.69, 9.17) is 11.6 Å². The molecule has 0 atom stereocenters. The Hall–Kier alpha value is -2.92. The van der Waals surface area contributed by atoms with Crippen molar-refractivity contribution in [1.82, 2.24) is 9.97 Å². The van der Waals surface area contributed by atoms with Crippen molar-refractivity contribution in [3.05, 3.63) is 76.7 Å². The minimum Gasteiger partial charge on any atom is -0.340 e. The first kappa shape index (κ1) is 16.9. The van der Waals surface area contributed by atoms with Gasteiger partial charge >= 0.3 is 0 Å². The highest BCUT2D eigenvalue weighted by Crippen LogP contribution is 2.22. The summed E-state index contributed by atoms with van der Waals surface area (Å²) in [5, 5.41) is 6.42. The average Bonchev–Trinajstić information content (AvgIpc) is 2.58. The first-order valence-corrected chi connectivity index (χ1v) is 8.14. The van der Waals surface area contributed by atoms with Crippen LogP contribution in [0.15, 0.2) is 54.6 Å². The summed E-state index contributed by atoms with van der Waals surface area (Å²) in [6.45, 7) is 3.77. The summed E-state index contributed by atoms with van der Waals surface area (Å²) in [7, 11) is 0. The highest BCUT2D eigenvalue weighted by atomic mass is 35.5. The molecule has 0 aliphatic rings. The molecule has 25 heavy (non-hydrogen) atoms.